The number of aryl methyl sites for hydroxylation is 2. The van der Waals surface area contributed by atoms with Crippen molar-refractivity contribution in [2.75, 3.05) is 26.9 Å². The summed E-state index contributed by atoms with van der Waals surface area (Å²) in [6.07, 6.45) is 2.32. The predicted molar refractivity (Wildman–Crippen MR) is 184 cm³/mol. The van der Waals surface area contributed by atoms with Gasteiger partial charge in [0.15, 0.2) is 11.4 Å². The summed E-state index contributed by atoms with van der Waals surface area (Å²) in [4.78, 5) is 75.4. The molecule has 2 saturated heterocycles. The predicted octanol–water partition coefficient (Wildman–Crippen LogP) is 3.93. The summed E-state index contributed by atoms with van der Waals surface area (Å²) in [6.45, 7) is 12.1. The van der Waals surface area contributed by atoms with Crippen LogP contribution in [0.5, 0.6) is 5.75 Å². The van der Waals surface area contributed by atoms with E-state index in [9.17, 15) is 24.0 Å². The molecule has 3 amide bonds. The number of carbonyl (C=O) groups is 5. The third kappa shape index (κ3) is 8.47. The molecule has 274 valence electrons. The van der Waals surface area contributed by atoms with Crippen molar-refractivity contribution in [2.45, 2.75) is 123 Å². The van der Waals surface area contributed by atoms with E-state index < -0.39 is 58.8 Å². The molecule has 4 aliphatic rings. The van der Waals surface area contributed by atoms with Crippen LogP contribution in [0, 0.1) is 25.2 Å². The molecule has 3 fully saturated rings. The molecule has 1 aliphatic carbocycles. The first-order chi connectivity index (χ1) is 23.6. The summed E-state index contributed by atoms with van der Waals surface area (Å²) in [5, 5.41) is 9.97. The molecule has 0 aromatic heterocycles. The van der Waals surface area contributed by atoms with Gasteiger partial charge in [-0.25, -0.2) is 4.79 Å². The van der Waals surface area contributed by atoms with Gasteiger partial charge in [-0.05, 0) is 61.8 Å². The van der Waals surface area contributed by atoms with E-state index in [1.165, 1.54) is 4.90 Å². The van der Waals surface area contributed by atoms with E-state index in [1.54, 1.807) is 7.11 Å². The Morgan fingerprint density at radius 2 is 1.80 bits per heavy atom. The van der Waals surface area contributed by atoms with E-state index in [1.807, 2.05) is 53.7 Å². The molecule has 0 radical (unpaired) electrons. The number of Topliss-reactive ketones (excluding diaryl/α,β-unsaturated/α-hetero) is 2. The van der Waals surface area contributed by atoms with Crippen LogP contribution in [-0.2, 0) is 33.5 Å². The summed E-state index contributed by atoms with van der Waals surface area (Å²) in [5.74, 6) is -2.12. The second-order valence-corrected chi connectivity index (χ2v) is 15.4. The van der Waals surface area contributed by atoms with Gasteiger partial charge in [0, 0.05) is 43.2 Å². The number of alkyl carbamates (subject to hydrolysis) is 1. The Morgan fingerprint density at radius 3 is 2.38 bits per heavy atom. The monoisotopic (exact) mass is 696 g/mol. The van der Waals surface area contributed by atoms with Crippen LogP contribution < -0.4 is 15.4 Å². The Labute approximate surface area is 294 Å². The Bertz CT molecular complexity index is 1500. The van der Waals surface area contributed by atoms with Crippen molar-refractivity contribution in [3.05, 3.63) is 28.8 Å². The fourth-order valence-corrected chi connectivity index (χ4v) is 7.22. The number of methoxy groups -OCH3 is 1. The highest BCUT2D eigenvalue weighted by Gasteiger charge is 2.55. The van der Waals surface area contributed by atoms with Crippen LogP contribution in [0.15, 0.2) is 17.3 Å². The average Bonchev–Trinajstić information content (AvgIpc) is 3.40. The molecule has 13 nitrogen and oxygen atoms in total. The van der Waals surface area contributed by atoms with Crippen LogP contribution in [0.2, 0.25) is 0 Å². The Morgan fingerprint density at radius 1 is 1.10 bits per heavy atom. The summed E-state index contributed by atoms with van der Waals surface area (Å²) in [7, 11) is 1.63. The van der Waals surface area contributed by atoms with Crippen LogP contribution in [0.3, 0.4) is 0 Å². The zero-order valence-electron chi connectivity index (χ0n) is 30.4. The first-order valence-corrected chi connectivity index (χ1v) is 17.8. The molecule has 0 unspecified atom stereocenters. The van der Waals surface area contributed by atoms with Gasteiger partial charge in [0.05, 0.1) is 38.6 Å². The number of likely N-dealkylation sites (tertiary alicyclic amines) is 1. The molecule has 1 aromatic carbocycles. The standard InChI is InChI=1S/C37H52N4O9/c1-8-9-23(30(43)33(44)38-25-10-11-25)16-29(42)28-18-37(17-27(40-50-37)24-14-21(2)31(47-7)22(3)15-24)20-41(28)34(45)32(36(4,5)6)39-35(46)49-26-12-13-48-19-26/h14-15,23,25-26,28,32H,8-13,16-20H2,1-7H3,(H,38,44)(H,39,46)/t23-,26+,28+,32-,37-/m1/s1. The second-order valence-electron chi connectivity index (χ2n) is 15.4. The van der Waals surface area contributed by atoms with Gasteiger partial charge in [-0.3, -0.25) is 19.2 Å². The average molecular weight is 697 g/mol. The van der Waals surface area contributed by atoms with Gasteiger partial charge in [0.1, 0.15) is 17.9 Å². The van der Waals surface area contributed by atoms with E-state index in [2.05, 4.69) is 15.8 Å². The van der Waals surface area contributed by atoms with Gasteiger partial charge in [0.25, 0.3) is 5.91 Å². The summed E-state index contributed by atoms with van der Waals surface area (Å²) < 4.78 is 16.4. The van der Waals surface area contributed by atoms with E-state index in [0.29, 0.717) is 38.0 Å². The van der Waals surface area contributed by atoms with Crippen molar-refractivity contribution in [1.29, 1.82) is 0 Å². The lowest BCUT2D eigenvalue weighted by Crippen LogP contribution is -2.57. The zero-order valence-corrected chi connectivity index (χ0v) is 30.4. The molecule has 5 atom stereocenters. The number of benzene rings is 1. The molecule has 0 bridgehead atoms. The molecule has 1 aromatic rings. The van der Waals surface area contributed by atoms with Crippen molar-refractivity contribution < 1.29 is 43.0 Å². The highest BCUT2D eigenvalue weighted by Crippen LogP contribution is 2.41. The fourth-order valence-electron chi connectivity index (χ4n) is 7.22. The maximum Gasteiger partial charge on any atom is 0.408 e. The van der Waals surface area contributed by atoms with Crippen molar-refractivity contribution in [3.63, 3.8) is 0 Å². The first-order valence-electron chi connectivity index (χ1n) is 17.8. The smallest absolute Gasteiger partial charge is 0.408 e. The number of nitrogens with zero attached hydrogens (tertiary/aromatic N) is 2. The third-order valence-corrected chi connectivity index (χ3v) is 10.0. The minimum Gasteiger partial charge on any atom is -0.496 e. The Hall–Kier alpha value is -4.00. The SMILES string of the molecule is CCC[C@H](CC(=O)[C@@H]1C[C@]2(CC(c3cc(C)c(OC)c(C)c3)=NO2)CN1C(=O)[C@@H](NC(=O)O[C@H]1CCOC1)C(C)(C)C)C(=O)C(=O)NC1CC1. The molecular formula is C37H52N4O9. The van der Waals surface area contributed by atoms with Crippen LogP contribution in [0.25, 0.3) is 0 Å². The molecular weight excluding hydrogens is 644 g/mol. The number of ketones is 2. The fraction of sp³-hybridized carbons (Fsp3) is 0.676. The van der Waals surface area contributed by atoms with Crippen molar-refractivity contribution in [1.82, 2.24) is 15.5 Å². The molecule has 2 N–H and O–H groups in total. The lowest BCUT2D eigenvalue weighted by atomic mass is 9.85. The number of amides is 3. The summed E-state index contributed by atoms with van der Waals surface area (Å²) in [5.41, 5.74) is 1.65. The lowest BCUT2D eigenvalue weighted by molar-refractivity contribution is -0.144. The van der Waals surface area contributed by atoms with Crippen LogP contribution in [-0.4, -0.2) is 96.8 Å². The molecule has 13 heteroatoms. The number of hydrogen-bond donors (Lipinski definition) is 2. The van der Waals surface area contributed by atoms with Crippen LogP contribution >= 0.6 is 0 Å². The molecule has 1 spiro atoms. The first kappa shape index (κ1) is 37.3. The van der Waals surface area contributed by atoms with Crippen molar-refractivity contribution in [3.8, 4) is 5.75 Å². The van der Waals surface area contributed by atoms with E-state index in [-0.39, 0.29) is 37.8 Å². The number of carbonyl (C=O) groups excluding carboxylic acids is 5. The number of ether oxygens (including phenoxy) is 3. The van der Waals surface area contributed by atoms with Crippen LogP contribution in [0.4, 0.5) is 4.79 Å². The van der Waals surface area contributed by atoms with E-state index >= 15 is 0 Å². The Balaban J connectivity index is 1.40. The third-order valence-electron chi connectivity index (χ3n) is 10.0. The van der Waals surface area contributed by atoms with Gasteiger partial charge in [-0.1, -0.05) is 39.3 Å². The second kappa shape index (κ2) is 15.1. The molecule has 5 rings (SSSR count). The van der Waals surface area contributed by atoms with Gasteiger partial charge < -0.3 is 34.6 Å². The summed E-state index contributed by atoms with van der Waals surface area (Å²) >= 11 is 0. The Kier molecular flexibility index (Phi) is 11.2. The number of hydrogen-bond acceptors (Lipinski definition) is 10. The minimum atomic E-state index is -1.05. The maximum absolute atomic E-state index is 14.6. The van der Waals surface area contributed by atoms with Crippen molar-refractivity contribution >= 4 is 35.2 Å². The number of rotatable bonds is 13. The molecule has 1 saturated carbocycles. The van der Waals surface area contributed by atoms with E-state index in [0.717, 1.165) is 35.3 Å². The lowest BCUT2D eigenvalue weighted by Gasteiger charge is -2.35. The van der Waals surface area contributed by atoms with Crippen LogP contribution in [0.1, 0.15) is 95.8 Å². The summed E-state index contributed by atoms with van der Waals surface area (Å²) in [6, 6.07) is 1.94. The molecule has 3 aliphatic heterocycles. The van der Waals surface area contributed by atoms with Gasteiger partial charge >= 0.3 is 6.09 Å². The maximum atomic E-state index is 14.6. The normalized spacial score (nSPS) is 24.3. The van der Waals surface area contributed by atoms with E-state index in [4.69, 9.17) is 19.0 Å². The zero-order chi connectivity index (χ0) is 36.4. The number of nitrogens with one attached hydrogen (secondary N) is 2. The quantitative estimate of drug-likeness (QED) is 0.291. The highest BCUT2D eigenvalue weighted by molar-refractivity contribution is 6.37. The molecule has 50 heavy (non-hydrogen) atoms. The largest absolute Gasteiger partial charge is 0.496 e. The van der Waals surface area contributed by atoms with Gasteiger partial charge in [0.2, 0.25) is 11.7 Å². The minimum absolute atomic E-state index is 0.00827. The van der Waals surface area contributed by atoms with Crippen molar-refractivity contribution in [2.24, 2.45) is 16.5 Å². The van der Waals surface area contributed by atoms with Gasteiger partial charge in [-0.15, -0.1) is 0 Å². The number of oxime groups is 1. The van der Waals surface area contributed by atoms with Gasteiger partial charge in [-0.2, -0.15) is 0 Å². The highest BCUT2D eigenvalue weighted by atomic mass is 16.7. The topological polar surface area (TPSA) is 162 Å². The molecule has 3 heterocycles.